The molecule has 0 radical (unpaired) electrons. The molecular formula is C21H31N3O6. The van der Waals surface area contributed by atoms with Gasteiger partial charge in [-0.1, -0.05) is 25.7 Å². The number of epoxide rings is 1. The minimum Gasteiger partial charge on any atom is -0.361 e. The lowest BCUT2D eigenvalue weighted by molar-refractivity contribution is -0.139. The van der Waals surface area contributed by atoms with Crippen LogP contribution in [-0.4, -0.2) is 60.1 Å². The van der Waals surface area contributed by atoms with E-state index in [9.17, 15) is 24.0 Å². The summed E-state index contributed by atoms with van der Waals surface area (Å²) in [6, 6.07) is -1.45. The maximum Gasteiger partial charge on any atom is 0.242 e. The van der Waals surface area contributed by atoms with E-state index in [4.69, 9.17) is 4.74 Å². The van der Waals surface area contributed by atoms with E-state index in [2.05, 4.69) is 16.0 Å². The Labute approximate surface area is 176 Å². The van der Waals surface area contributed by atoms with Crippen LogP contribution in [0, 0.1) is 11.8 Å². The van der Waals surface area contributed by atoms with Gasteiger partial charge in [-0.05, 0) is 26.2 Å². The predicted molar refractivity (Wildman–Crippen MR) is 106 cm³/mol. The van der Waals surface area contributed by atoms with Crippen LogP contribution in [0.3, 0.4) is 0 Å². The van der Waals surface area contributed by atoms with E-state index in [1.807, 2.05) is 0 Å². The van der Waals surface area contributed by atoms with Crippen molar-refractivity contribution in [2.75, 3.05) is 13.2 Å². The van der Waals surface area contributed by atoms with Gasteiger partial charge in [0.15, 0.2) is 5.78 Å². The summed E-state index contributed by atoms with van der Waals surface area (Å²) in [5, 5.41) is 7.80. The van der Waals surface area contributed by atoms with Crippen molar-refractivity contribution in [3.63, 3.8) is 0 Å². The van der Waals surface area contributed by atoms with Crippen molar-refractivity contribution in [1.82, 2.24) is 16.0 Å². The van der Waals surface area contributed by atoms with E-state index in [1.54, 1.807) is 6.92 Å². The lowest BCUT2D eigenvalue weighted by Gasteiger charge is -2.25. The van der Waals surface area contributed by atoms with Gasteiger partial charge in [-0.25, -0.2) is 0 Å². The van der Waals surface area contributed by atoms with Gasteiger partial charge >= 0.3 is 0 Å². The molecule has 0 bridgehead atoms. The summed E-state index contributed by atoms with van der Waals surface area (Å²) in [5.74, 6) is -1.33. The second-order valence-corrected chi connectivity index (χ2v) is 8.98. The summed E-state index contributed by atoms with van der Waals surface area (Å²) >= 11 is 0. The van der Waals surface area contributed by atoms with E-state index in [-0.39, 0.29) is 42.8 Å². The second kappa shape index (κ2) is 9.24. The van der Waals surface area contributed by atoms with Crippen LogP contribution < -0.4 is 16.0 Å². The first-order chi connectivity index (χ1) is 14.2. The molecule has 0 aromatic carbocycles. The number of hydrogen-bond donors (Lipinski definition) is 3. The minimum atomic E-state index is -0.823. The van der Waals surface area contributed by atoms with Crippen molar-refractivity contribution in [3.8, 4) is 0 Å². The highest BCUT2D eigenvalue weighted by Crippen LogP contribution is 2.33. The highest BCUT2D eigenvalue weighted by molar-refractivity contribution is 5.99. The molecule has 2 aliphatic carbocycles. The Morgan fingerprint density at radius 2 is 1.77 bits per heavy atom. The van der Waals surface area contributed by atoms with Crippen LogP contribution in [-0.2, 0) is 28.7 Å². The number of Topliss-reactive ketones (excluding diaryl/α,β-unsaturated/α-hetero) is 2. The van der Waals surface area contributed by atoms with Gasteiger partial charge in [-0.3, -0.25) is 24.0 Å². The van der Waals surface area contributed by atoms with E-state index < -0.39 is 29.5 Å². The maximum atomic E-state index is 12.7. The van der Waals surface area contributed by atoms with Crippen LogP contribution in [0.4, 0.5) is 0 Å². The molecule has 2 saturated carbocycles. The molecule has 1 aliphatic heterocycles. The summed E-state index contributed by atoms with van der Waals surface area (Å²) < 4.78 is 5.26. The molecule has 3 rings (SSSR count). The van der Waals surface area contributed by atoms with Crippen LogP contribution >= 0.6 is 0 Å². The fourth-order valence-corrected chi connectivity index (χ4v) is 4.07. The molecule has 9 nitrogen and oxygen atoms in total. The number of rotatable bonds is 10. The molecule has 3 atom stereocenters. The van der Waals surface area contributed by atoms with E-state index in [0.717, 1.165) is 25.7 Å². The lowest BCUT2D eigenvalue weighted by atomic mass is 9.83. The molecule has 0 aromatic heterocycles. The smallest absolute Gasteiger partial charge is 0.242 e. The molecule has 30 heavy (non-hydrogen) atoms. The van der Waals surface area contributed by atoms with Crippen molar-refractivity contribution in [1.29, 1.82) is 0 Å². The Kier molecular flexibility index (Phi) is 6.90. The fraction of sp³-hybridized carbons (Fsp3) is 0.762. The number of amides is 3. The molecular weight excluding hydrogens is 390 g/mol. The summed E-state index contributed by atoms with van der Waals surface area (Å²) in [7, 11) is 0. The van der Waals surface area contributed by atoms with Crippen molar-refractivity contribution >= 4 is 29.3 Å². The zero-order chi connectivity index (χ0) is 21.9. The predicted octanol–water partition coefficient (Wildman–Crippen LogP) is 0.00950. The summed E-state index contributed by atoms with van der Waals surface area (Å²) in [6.45, 7) is 3.32. The zero-order valence-electron chi connectivity index (χ0n) is 17.6. The molecule has 3 amide bonds. The topological polar surface area (TPSA) is 134 Å². The number of carbonyl (C=O) groups is 5. The molecule has 0 unspecified atom stereocenters. The standard InChI is InChI=1S/C21H31N3O6/c1-12(23-20(29)14-8-15(25)9-14)19(28)22-10-17(26)24-16(7-13-5-3-4-6-13)18(27)21(2)11-30-21/h12-14,16H,3-11H2,1-2H3,(H,22,28)(H,23,29)(H,24,26)/t12-,16+,21-/m1/s1. The monoisotopic (exact) mass is 421 g/mol. The van der Waals surface area contributed by atoms with Crippen molar-refractivity contribution in [2.45, 2.75) is 76.5 Å². The molecule has 0 spiro atoms. The third-order valence-electron chi connectivity index (χ3n) is 6.29. The molecule has 166 valence electrons. The Hall–Kier alpha value is -2.29. The lowest BCUT2D eigenvalue weighted by Crippen LogP contribution is -2.52. The quantitative estimate of drug-likeness (QED) is 0.426. The van der Waals surface area contributed by atoms with Gasteiger partial charge in [0.1, 0.15) is 17.4 Å². The Balaban J connectivity index is 1.44. The van der Waals surface area contributed by atoms with E-state index in [1.165, 1.54) is 6.92 Å². The second-order valence-electron chi connectivity index (χ2n) is 8.98. The number of hydrogen-bond acceptors (Lipinski definition) is 6. The van der Waals surface area contributed by atoms with Gasteiger partial charge in [-0.2, -0.15) is 0 Å². The average molecular weight is 421 g/mol. The first-order valence-electron chi connectivity index (χ1n) is 10.8. The normalized spacial score (nSPS) is 25.7. The van der Waals surface area contributed by atoms with E-state index in [0.29, 0.717) is 18.9 Å². The first kappa shape index (κ1) is 22.4. The third-order valence-corrected chi connectivity index (χ3v) is 6.29. The van der Waals surface area contributed by atoms with Crippen LogP contribution in [0.25, 0.3) is 0 Å². The largest absolute Gasteiger partial charge is 0.361 e. The maximum absolute atomic E-state index is 12.7. The van der Waals surface area contributed by atoms with Crippen LogP contribution in [0.2, 0.25) is 0 Å². The number of carbonyl (C=O) groups excluding carboxylic acids is 5. The van der Waals surface area contributed by atoms with Crippen molar-refractivity contribution in [2.24, 2.45) is 11.8 Å². The SMILES string of the molecule is C[C@@H](NC(=O)C1CC(=O)C1)C(=O)NCC(=O)N[C@@H](CC1CCCC1)C(=O)[C@@]1(C)CO1. The fourth-order valence-electron chi connectivity index (χ4n) is 4.07. The Bertz CT molecular complexity index is 718. The van der Waals surface area contributed by atoms with Crippen LogP contribution in [0.15, 0.2) is 0 Å². The molecule has 3 aliphatic rings. The van der Waals surface area contributed by atoms with Crippen LogP contribution in [0.5, 0.6) is 0 Å². The summed E-state index contributed by atoms with van der Waals surface area (Å²) in [4.78, 5) is 60.2. The summed E-state index contributed by atoms with van der Waals surface area (Å²) in [5.41, 5.74) is -0.818. The third kappa shape index (κ3) is 5.65. The Morgan fingerprint density at radius 3 is 2.33 bits per heavy atom. The van der Waals surface area contributed by atoms with Gasteiger partial charge in [0.25, 0.3) is 0 Å². The number of ether oxygens (including phenoxy) is 1. The van der Waals surface area contributed by atoms with Gasteiger partial charge in [0, 0.05) is 12.8 Å². The first-order valence-corrected chi connectivity index (χ1v) is 10.8. The molecule has 1 heterocycles. The van der Waals surface area contributed by atoms with Crippen molar-refractivity contribution in [3.05, 3.63) is 0 Å². The minimum absolute atomic E-state index is 0.0380. The molecule has 9 heteroatoms. The van der Waals surface area contributed by atoms with Gasteiger partial charge in [-0.15, -0.1) is 0 Å². The highest BCUT2D eigenvalue weighted by Gasteiger charge is 2.50. The number of ketones is 2. The van der Waals surface area contributed by atoms with Crippen LogP contribution in [0.1, 0.15) is 58.8 Å². The van der Waals surface area contributed by atoms with Gasteiger partial charge < -0.3 is 20.7 Å². The molecule has 0 aromatic rings. The van der Waals surface area contributed by atoms with Gasteiger partial charge in [0.2, 0.25) is 17.7 Å². The van der Waals surface area contributed by atoms with E-state index >= 15 is 0 Å². The summed E-state index contributed by atoms with van der Waals surface area (Å²) in [6.07, 6.45) is 5.40. The molecule has 3 fully saturated rings. The highest BCUT2D eigenvalue weighted by atomic mass is 16.6. The average Bonchev–Trinajstić information content (AvgIpc) is 3.22. The zero-order valence-corrected chi connectivity index (χ0v) is 17.6. The molecule has 3 N–H and O–H groups in total. The van der Waals surface area contributed by atoms with Gasteiger partial charge in [0.05, 0.1) is 25.1 Å². The number of nitrogens with one attached hydrogen (secondary N) is 3. The van der Waals surface area contributed by atoms with Crippen molar-refractivity contribution < 1.29 is 28.7 Å². The molecule has 1 saturated heterocycles. The Morgan fingerprint density at radius 1 is 1.13 bits per heavy atom.